The average molecular weight is 616 g/mol. The van der Waals surface area contributed by atoms with Crippen LogP contribution in [0.1, 0.15) is 68.6 Å². The summed E-state index contributed by atoms with van der Waals surface area (Å²) in [6.07, 6.45) is 11.2. The molecular weight excluding hydrogens is 572 g/mol. The van der Waals surface area contributed by atoms with Crippen molar-refractivity contribution in [3.8, 4) is 17.2 Å². The third kappa shape index (κ3) is 10.3. The number of halogens is 2. The third-order valence-electron chi connectivity index (χ3n) is 6.87. The molecule has 198 valence electrons. The van der Waals surface area contributed by atoms with Crippen LogP contribution in [0.25, 0.3) is 0 Å². The van der Waals surface area contributed by atoms with Crippen LogP contribution >= 0.6 is 34.0 Å². The second-order valence-corrected chi connectivity index (χ2v) is 9.44. The van der Waals surface area contributed by atoms with Gasteiger partial charge < -0.3 is 25.5 Å². The maximum absolute atomic E-state index is 10.1. The highest BCUT2D eigenvalue weighted by atomic mass is 79.9. The van der Waals surface area contributed by atoms with E-state index in [2.05, 4.69) is 17.1 Å². The number of hydrogen-bond acceptors (Lipinski definition) is 5. The molecule has 0 spiro atoms. The van der Waals surface area contributed by atoms with Gasteiger partial charge in [0, 0.05) is 11.6 Å². The first kappa shape index (κ1) is 31.7. The maximum atomic E-state index is 10.1. The topological polar surface area (TPSA) is 76.0 Å². The largest absolute Gasteiger partial charge is 0.508 e. The number of nitrogens with one attached hydrogen (secondary N) is 1. The van der Waals surface area contributed by atoms with Gasteiger partial charge >= 0.3 is 0 Å². The van der Waals surface area contributed by atoms with Crippen LogP contribution in [0.5, 0.6) is 17.2 Å². The molecule has 0 radical (unpaired) electrons. The first-order valence-corrected chi connectivity index (χ1v) is 12.8. The zero-order valence-corrected chi connectivity index (χ0v) is 24.5. The Bertz CT molecular complexity index is 849. The Labute approximate surface area is 232 Å². The van der Waals surface area contributed by atoms with Crippen molar-refractivity contribution < 1.29 is 15.3 Å². The molecule has 0 aromatic heterocycles. The van der Waals surface area contributed by atoms with Gasteiger partial charge in [-0.05, 0) is 107 Å². The van der Waals surface area contributed by atoms with Crippen molar-refractivity contribution in [1.29, 1.82) is 0 Å². The number of hydrogen-bond donors (Lipinski definition) is 4. The predicted molar refractivity (Wildman–Crippen MR) is 156 cm³/mol. The lowest BCUT2D eigenvalue weighted by Crippen LogP contribution is -2.40. The fourth-order valence-corrected chi connectivity index (χ4v) is 5.00. The molecular formula is C28H44Br2N2O3. The summed E-state index contributed by atoms with van der Waals surface area (Å²) < 4.78 is 0. The van der Waals surface area contributed by atoms with Crippen molar-refractivity contribution in [1.82, 2.24) is 10.2 Å². The SMILES string of the molecule is Br.Br.CCCN(CCCCCCNCCCc1ccc(O)cc1)C1CCc2c(ccc(O)c2O)C1. The number of nitrogens with zero attached hydrogens (tertiary/aromatic N) is 1. The van der Waals surface area contributed by atoms with Crippen LogP contribution < -0.4 is 5.32 Å². The van der Waals surface area contributed by atoms with Crippen molar-refractivity contribution in [2.75, 3.05) is 26.2 Å². The van der Waals surface area contributed by atoms with Crippen molar-refractivity contribution in [3.63, 3.8) is 0 Å². The highest BCUT2D eigenvalue weighted by Gasteiger charge is 2.26. The number of unbranched alkanes of at least 4 members (excludes halogenated alkanes) is 3. The van der Waals surface area contributed by atoms with E-state index in [9.17, 15) is 15.3 Å². The van der Waals surface area contributed by atoms with Crippen LogP contribution in [0.3, 0.4) is 0 Å². The number of aryl methyl sites for hydroxylation is 1. The molecule has 1 atom stereocenters. The summed E-state index contributed by atoms with van der Waals surface area (Å²) in [6.45, 7) is 6.66. The van der Waals surface area contributed by atoms with Crippen LogP contribution in [0.4, 0.5) is 0 Å². The van der Waals surface area contributed by atoms with Gasteiger partial charge in [0.15, 0.2) is 11.5 Å². The minimum atomic E-state index is 0. The highest BCUT2D eigenvalue weighted by Crippen LogP contribution is 2.36. The third-order valence-corrected chi connectivity index (χ3v) is 6.87. The van der Waals surface area contributed by atoms with E-state index in [1.54, 1.807) is 18.2 Å². The summed E-state index contributed by atoms with van der Waals surface area (Å²) in [4.78, 5) is 2.65. The van der Waals surface area contributed by atoms with Crippen LogP contribution in [-0.2, 0) is 19.3 Å². The van der Waals surface area contributed by atoms with E-state index in [0.717, 1.165) is 70.3 Å². The summed E-state index contributed by atoms with van der Waals surface area (Å²) in [5, 5.41) is 32.8. The Morgan fingerprint density at radius 2 is 1.57 bits per heavy atom. The minimum absolute atomic E-state index is 0. The number of rotatable bonds is 14. The van der Waals surface area contributed by atoms with Crippen LogP contribution in [-0.4, -0.2) is 52.4 Å². The van der Waals surface area contributed by atoms with E-state index in [1.165, 1.54) is 36.8 Å². The molecule has 0 bridgehead atoms. The molecule has 7 heteroatoms. The second kappa shape index (κ2) is 17.2. The van der Waals surface area contributed by atoms with E-state index in [0.29, 0.717) is 11.8 Å². The summed E-state index contributed by atoms with van der Waals surface area (Å²) in [6, 6.07) is 11.7. The molecule has 2 aromatic carbocycles. The Morgan fingerprint density at radius 3 is 2.31 bits per heavy atom. The Morgan fingerprint density at radius 1 is 0.857 bits per heavy atom. The van der Waals surface area contributed by atoms with Gasteiger partial charge in [-0.3, -0.25) is 0 Å². The zero-order valence-electron chi connectivity index (χ0n) is 21.0. The average Bonchev–Trinajstić information content (AvgIpc) is 2.83. The van der Waals surface area contributed by atoms with Gasteiger partial charge in [-0.15, -0.1) is 34.0 Å². The van der Waals surface area contributed by atoms with E-state index in [1.807, 2.05) is 18.2 Å². The molecule has 2 aromatic rings. The predicted octanol–water partition coefficient (Wildman–Crippen LogP) is 6.31. The van der Waals surface area contributed by atoms with Gasteiger partial charge in [-0.1, -0.05) is 38.0 Å². The zero-order chi connectivity index (χ0) is 23.5. The molecule has 0 amide bonds. The first-order chi connectivity index (χ1) is 16.1. The quantitative estimate of drug-likeness (QED) is 0.148. The van der Waals surface area contributed by atoms with E-state index < -0.39 is 0 Å². The van der Waals surface area contributed by atoms with Crippen LogP contribution in [0, 0.1) is 0 Å². The van der Waals surface area contributed by atoms with Gasteiger partial charge in [0.05, 0.1) is 0 Å². The summed E-state index contributed by atoms with van der Waals surface area (Å²) in [5.41, 5.74) is 3.42. The number of benzene rings is 2. The summed E-state index contributed by atoms with van der Waals surface area (Å²) in [7, 11) is 0. The molecule has 0 aliphatic heterocycles. The molecule has 0 saturated heterocycles. The fourth-order valence-electron chi connectivity index (χ4n) is 5.00. The smallest absolute Gasteiger partial charge is 0.160 e. The molecule has 1 aliphatic carbocycles. The van der Waals surface area contributed by atoms with Gasteiger partial charge in [-0.25, -0.2) is 0 Å². The monoisotopic (exact) mass is 614 g/mol. The minimum Gasteiger partial charge on any atom is -0.508 e. The van der Waals surface area contributed by atoms with Crippen molar-refractivity contribution in [2.24, 2.45) is 0 Å². The Balaban J connectivity index is 0.00000306. The number of aromatic hydroxyl groups is 3. The van der Waals surface area contributed by atoms with Crippen LogP contribution in [0.15, 0.2) is 36.4 Å². The van der Waals surface area contributed by atoms with Crippen molar-refractivity contribution in [2.45, 2.75) is 77.2 Å². The maximum Gasteiger partial charge on any atom is 0.160 e. The molecule has 0 fully saturated rings. The Kier molecular flexibility index (Phi) is 15.6. The van der Waals surface area contributed by atoms with Gasteiger partial charge in [0.2, 0.25) is 0 Å². The fraction of sp³-hybridized carbons (Fsp3) is 0.571. The number of fused-ring (bicyclic) bond motifs is 1. The summed E-state index contributed by atoms with van der Waals surface area (Å²) in [5.74, 6) is 0.423. The molecule has 1 unspecified atom stereocenters. The summed E-state index contributed by atoms with van der Waals surface area (Å²) >= 11 is 0. The molecule has 0 saturated carbocycles. The second-order valence-electron chi connectivity index (χ2n) is 9.44. The van der Waals surface area contributed by atoms with E-state index in [-0.39, 0.29) is 45.5 Å². The van der Waals surface area contributed by atoms with Gasteiger partial charge in [-0.2, -0.15) is 0 Å². The van der Waals surface area contributed by atoms with Crippen molar-refractivity contribution >= 4 is 34.0 Å². The molecule has 4 N–H and O–H groups in total. The lowest BCUT2D eigenvalue weighted by Gasteiger charge is -2.35. The number of phenolic OH excluding ortho intramolecular Hbond substituents is 3. The van der Waals surface area contributed by atoms with Gasteiger partial charge in [0.25, 0.3) is 0 Å². The molecule has 35 heavy (non-hydrogen) atoms. The van der Waals surface area contributed by atoms with Crippen molar-refractivity contribution in [3.05, 3.63) is 53.1 Å². The lowest BCUT2D eigenvalue weighted by atomic mass is 9.86. The molecule has 1 aliphatic rings. The highest BCUT2D eigenvalue weighted by molar-refractivity contribution is 8.93. The van der Waals surface area contributed by atoms with E-state index in [4.69, 9.17) is 0 Å². The van der Waals surface area contributed by atoms with Gasteiger partial charge in [0.1, 0.15) is 5.75 Å². The molecule has 3 rings (SSSR count). The Hall–Kier alpha value is -1.28. The number of phenols is 3. The van der Waals surface area contributed by atoms with E-state index >= 15 is 0 Å². The normalized spacial score (nSPS) is 14.7. The lowest BCUT2D eigenvalue weighted by molar-refractivity contribution is 0.175. The standard InChI is InChI=1S/C28H42N2O3.2BrH/c1-2-19-30(24-12-15-26-23(21-24)11-16-27(32)28(26)33)20-6-4-3-5-17-29-18-7-8-22-9-13-25(31)14-10-22;;/h9-11,13-14,16,24,29,31-33H,2-8,12,15,17-21H2,1H3;2*1H. The molecule has 0 heterocycles. The van der Waals surface area contributed by atoms with Crippen LogP contribution in [0.2, 0.25) is 0 Å². The molecule has 5 nitrogen and oxygen atoms in total. The first-order valence-electron chi connectivity index (χ1n) is 12.8.